The molecule has 0 aliphatic heterocycles. The Hall–Kier alpha value is -3.28. The quantitative estimate of drug-likeness (QED) is 0.338. The molecule has 0 unspecified atom stereocenters. The van der Waals surface area contributed by atoms with Crippen LogP contribution in [0.2, 0.25) is 0 Å². The summed E-state index contributed by atoms with van der Waals surface area (Å²) in [6, 6.07) is 11.9. The minimum absolute atomic E-state index is 0.0617. The van der Waals surface area contributed by atoms with E-state index in [2.05, 4.69) is 6.58 Å². The van der Waals surface area contributed by atoms with Crippen molar-refractivity contribution in [2.75, 3.05) is 6.61 Å². The van der Waals surface area contributed by atoms with Crippen molar-refractivity contribution in [3.05, 3.63) is 95.6 Å². The molecule has 0 aromatic heterocycles. The Morgan fingerprint density at radius 2 is 1.52 bits per heavy atom. The van der Waals surface area contributed by atoms with E-state index in [0.29, 0.717) is 11.3 Å². The van der Waals surface area contributed by atoms with E-state index < -0.39 is 23.3 Å². The molecular formula is C23H18F4O2. The SMILES string of the molecule is C=CCOc1ccc(-c2ccc(OCc3ccc(C)c(F)c3F)cc2)c(F)c1F. The molecule has 3 aromatic carbocycles. The minimum Gasteiger partial charge on any atom is -0.489 e. The fourth-order valence-corrected chi connectivity index (χ4v) is 2.70. The van der Waals surface area contributed by atoms with Crippen LogP contribution in [0.4, 0.5) is 17.6 Å². The summed E-state index contributed by atoms with van der Waals surface area (Å²) in [5.74, 6) is -3.78. The normalized spacial score (nSPS) is 10.7. The monoisotopic (exact) mass is 402 g/mol. The standard InChI is InChI=1S/C23H18F4O2/c1-3-12-28-19-11-10-18(22(26)23(19)27)15-6-8-17(9-7-15)29-13-16-5-4-14(2)20(24)21(16)25/h3-11H,1,12-13H2,2H3. The number of benzene rings is 3. The van der Waals surface area contributed by atoms with Crippen molar-refractivity contribution in [1.29, 1.82) is 0 Å². The third-order valence-corrected chi connectivity index (χ3v) is 4.32. The Morgan fingerprint density at radius 3 is 2.21 bits per heavy atom. The van der Waals surface area contributed by atoms with Crippen LogP contribution in [0.5, 0.6) is 11.5 Å². The third kappa shape index (κ3) is 4.42. The maximum absolute atomic E-state index is 14.4. The highest BCUT2D eigenvalue weighted by atomic mass is 19.2. The summed E-state index contributed by atoms with van der Waals surface area (Å²) in [6.45, 7) is 4.83. The maximum atomic E-state index is 14.4. The first kappa shape index (κ1) is 20.5. The number of aryl methyl sites for hydroxylation is 1. The zero-order chi connectivity index (χ0) is 21.0. The van der Waals surface area contributed by atoms with Gasteiger partial charge in [0.05, 0.1) is 0 Å². The van der Waals surface area contributed by atoms with Gasteiger partial charge in [-0.15, -0.1) is 0 Å². The molecule has 0 N–H and O–H groups in total. The van der Waals surface area contributed by atoms with Gasteiger partial charge in [0.15, 0.2) is 23.2 Å². The Kier molecular flexibility index (Phi) is 6.22. The molecule has 0 atom stereocenters. The Balaban J connectivity index is 1.74. The molecule has 0 aliphatic carbocycles. The molecular weight excluding hydrogens is 384 g/mol. The second kappa shape index (κ2) is 8.82. The summed E-state index contributed by atoms with van der Waals surface area (Å²) in [6.07, 6.45) is 1.43. The summed E-state index contributed by atoms with van der Waals surface area (Å²) in [5.41, 5.74) is 0.786. The number of rotatable bonds is 7. The molecule has 29 heavy (non-hydrogen) atoms. The second-order valence-corrected chi connectivity index (χ2v) is 6.32. The smallest absolute Gasteiger partial charge is 0.201 e. The van der Waals surface area contributed by atoms with Crippen LogP contribution in [0.25, 0.3) is 11.1 Å². The van der Waals surface area contributed by atoms with Gasteiger partial charge in [0.2, 0.25) is 5.82 Å². The van der Waals surface area contributed by atoms with E-state index in [4.69, 9.17) is 9.47 Å². The lowest BCUT2D eigenvalue weighted by molar-refractivity contribution is 0.297. The Labute approximate surface area is 166 Å². The van der Waals surface area contributed by atoms with E-state index in [1.807, 2.05) is 0 Å². The summed E-state index contributed by atoms with van der Waals surface area (Å²) < 4.78 is 66.6. The van der Waals surface area contributed by atoms with Crippen LogP contribution in [-0.2, 0) is 6.61 Å². The van der Waals surface area contributed by atoms with Crippen LogP contribution < -0.4 is 9.47 Å². The van der Waals surface area contributed by atoms with E-state index in [1.54, 1.807) is 12.1 Å². The molecule has 0 aliphatic rings. The van der Waals surface area contributed by atoms with Crippen molar-refractivity contribution in [1.82, 2.24) is 0 Å². The predicted molar refractivity (Wildman–Crippen MR) is 103 cm³/mol. The van der Waals surface area contributed by atoms with Crippen LogP contribution in [0.1, 0.15) is 11.1 Å². The lowest BCUT2D eigenvalue weighted by atomic mass is 10.0. The summed E-state index contributed by atoms with van der Waals surface area (Å²) in [5, 5.41) is 0. The van der Waals surface area contributed by atoms with E-state index in [9.17, 15) is 17.6 Å². The molecule has 0 saturated heterocycles. The molecule has 0 bridgehead atoms. The van der Waals surface area contributed by atoms with Gasteiger partial charge in [-0.1, -0.05) is 36.9 Å². The van der Waals surface area contributed by atoms with Gasteiger partial charge in [-0.25, -0.2) is 13.2 Å². The van der Waals surface area contributed by atoms with Crippen molar-refractivity contribution in [2.24, 2.45) is 0 Å². The second-order valence-electron chi connectivity index (χ2n) is 6.32. The molecule has 3 aromatic rings. The van der Waals surface area contributed by atoms with Crippen molar-refractivity contribution in [3.63, 3.8) is 0 Å². The topological polar surface area (TPSA) is 18.5 Å². The highest BCUT2D eigenvalue weighted by Gasteiger charge is 2.16. The van der Waals surface area contributed by atoms with Crippen LogP contribution in [0.15, 0.2) is 61.2 Å². The zero-order valence-electron chi connectivity index (χ0n) is 15.6. The molecule has 0 saturated carbocycles. The fourth-order valence-electron chi connectivity index (χ4n) is 2.70. The lowest BCUT2D eigenvalue weighted by Crippen LogP contribution is -2.02. The molecule has 0 spiro atoms. The van der Waals surface area contributed by atoms with Gasteiger partial charge in [-0.3, -0.25) is 0 Å². The molecule has 3 rings (SSSR count). The first-order valence-corrected chi connectivity index (χ1v) is 8.80. The van der Waals surface area contributed by atoms with E-state index >= 15 is 0 Å². The van der Waals surface area contributed by atoms with Crippen LogP contribution in [-0.4, -0.2) is 6.61 Å². The molecule has 2 nitrogen and oxygen atoms in total. The van der Waals surface area contributed by atoms with Crippen LogP contribution >= 0.6 is 0 Å². The molecule has 0 fully saturated rings. The van der Waals surface area contributed by atoms with Gasteiger partial charge < -0.3 is 9.47 Å². The highest BCUT2D eigenvalue weighted by Crippen LogP contribution is 2.31. The number of halogens is 4. The maximum Gasteiger partial charge on any atom is 0.201 e. The van der Waals surface area contributed by atoms with Crippen LogP contribution in [0.3, 0.4) is 0 Å². The molecule has 0 amide bonds. The first-order chi connectivity index (χ1) is 13.9. The third-order valence-electron chi connectivity index (χ3n) is 4.32. The Morgan fingerprint density at radius 1 is 0.793 bits per heavy atom. The largest absolute Gasteiger partial charge is 0.489 e. The Bertz CT molecular complexity index is 1030. The summed E-state index contributed by atoms with van der Waals surface area (Å²) >= 11 is 0. The molecule has 0 radical (unpaired) electrons. The highest BCUT2D eigenvalue weighted by molar-refractivity contribution is 5.66. The van der Waals surface area contributed by atoms with Gasteiger partial charge in [0.25, 0.3) is 0 Å². The van der Waals surface area contributed by atoms with Crippen molar-refractivity contribution < 1.29 is 27.0 Å². The summed E-state index contributed by atoms with van der Waals surface area (Å²) in [4.78, 5) is 0. The number of hydrogen-bond donors (Lipinski definition) is 0. The molecule has 150 valence electrons. The first-order valence-electron chi connectivity index (χ1n) is 8.80. The van der Waals surface area contributed by atoms with Gasteiger partial charge in [0, 0.05) is 11.1 Å². The van der Waals surface area contributed by atoms with Crippen molar-refractivity contribution in [3.8, 4) is 22.6 Å². The molecule has 6 heteroatoms. The van der Waals surface area contributed by atoms with E-state index in [-0.39, 0.29) is 35.7 Å². The van der Waals surface area contributed by atoms with Crippen molar-refractivity contribution >= 4 is 0 Å². The average molecular weight is 402 g/mol. The molecule has 0 heterocycles. The average Bonchev–Trinajstić information content (AvgIpc) is 2.73. The number of hydrogen-bond acceptors (Lipinski definition) is 2. The zero-order valence-corrected chi connectivity index (χ0v) is 15.6. The van der Waals surface area contributed by atoms with Crippen molar-refractivity contribution in [2.45, 2.75) is 13.5 Å². The van der Waals surface area contributed by atoms with Gasteiger partial charge in [-0.05, 0) is 42.3 Å². The predicted octanol–water partition coefficient (Wildman–Crippen LogP) is 6.36. The fraction of sp³-hybridized carbons (Fsp3) is 0.130. The van der Waals surface area contributed by atoms with E-state index in [0.717, 1.165) is 0 Å². The van der Waals surface area contributed by atoms with Crippen LogP contribution in [0, 0.1) is 30.2 Å². The van der Waals surface area contributed by atoms with E-state index in [1.165, 1.54) is 49.4 Å². The van der Waals surface area contributed by atoms with Gasteiger partial charge in [0.1, 0.15) is 19.0 Å². The lowest BCUT2D eigenvalue weighted by Gasteiger charge is -2.11. The van der Waals surface area contributed by atoms with Gasteiger partial charge in [-0.2, -0.15) is 4.39 Å². The minimum atomic E-state index is -1.08. The summed E-state index contributed by atoms with van der Waals surface area (Å²) in [7, 11) is 0. The van der Waals surface area contributed by atoms with Gasteiger partial charge >= 0.3 is 0 Å². The number of ether oxygens (including phenoxy) is 2.